The lowest BCUT2D eigenvalue weighted by Gasteiger charge is -2.32. The van der Waals surface area contributed by atoms with E-state index in [1.54, 1.807) is 36.4 Å². The van der Waals surface area contributed by atoms with E-state index in [0.717, 1.165) is 25.9 Å². The van der Waals surface area contributed by atoms with Gasteiger partial charge in [-0.2, -0.15) is 0 Å². The number of piperidine rings is 1. The second-order valence-electron chi connectivity index (χ2n) is 7.29. The number of carbonyl (C=O) groups is 2. The van der Waals surface area contributed by atoms with Gasteiger partial charge in [0, 0.05) is 24.7 Å². The molecular formula is C21H23N3O5. The molecule has 1 fully saturated rings. The molecule has 0 radical (unpaired) electrons. The first-order valence-electron chi connectivity index (χ1n) is 9.44. The largest absolute Gasteiger partial charge is 0.457 e. The number of hydrogen-bond donors (Lipinski definition) is 1. The minimum absolute atomic E-state index is 0.0168. The molecule has 2 aromatic rings. The van der Waals surface area contributed by atoms with Crippen molar-refractivity contribution in [2.75, 3.05) is 18.0 Å². The maximum atomic E-state index is 12.4. The van der Waals surface area contributed by atoms with Crippen LogP contribution in [0.3, 0.4) is 0 Å². The highest BCUT2D eigenvalue weighted by Crippen LogP contribution is 2.32. The summed E-state index contributed by atoms with van der Waals surface area (Å²) in [6, 6.07) is 10.8. The molecule has 152 valence electrons. The van der Waals surface area contributed by atoms with Gasteiger partial charge in [0.05, 0.1) is 10.5 Å². The third-order valence-electron chi connectivity index (χ3n) is 5.01. The maximum Gasteiger partial charge on any atom is 0.338 e. The number of carbonyl (C=O) groups excluding carboxylic acids is 2. The van der Waals surface area contributed by atoms with E-state index in [4.69, 9.17) is 10.5 Å². The fraction of sp³-hybridized carbons (Fsp3) is 0.333. The Labute approximate surface area is 168 Å². The summed E-state index contributed by atoms with van der Waals surface area (Å²) in [5.74, 6) is -0.719. The molecule has 0 aromatic heterocycles. The topological polar surface area (TPSA) is 116 Å². The lowest BCUT2D eigenvalue weighted by atomic mass is 9.99. The van der Waals surface area contributed by atoms with Gasteiger partial charge in [-0.15, -0.1) is 0 Å². The van der Waals surface area contributed by atoms with Gasteiger partial charge in [-0.1, -0.05) is 19.1 Å². The molecule has 8 nitrogen and oxygen atoms in total. The lowest BCUT2D eigenvalue weighted by molar-refractivity contribution is -0.384. The number of nitro benzene ring substituents is 1. The van der Waals surface area contributed by atoms with Crippen LogP contribution in [-0.2, 0) is 11.3 Å². The van der Waals surface area contributed by atoms with E-state index in [2.05, 4.69) is 6.92 Å². The monoisotopic (exact) mass is 397 g/mol. The summed E-state index contributed by atoms with van der Waals surface area (Å²) >= 11 is 0. The van der Waals surface area contributed by atoms with Crippen molar-refractivity contribution in [2.45, 2.75) is 26.4 Å². The number of nitrogens with zero attached hydrogens (tertiary/aromatic N) is 2. The first-order chi connectivity index (χ1) is 13.8. The van der Waals surface area contributed by atoms with Gasteiger partial charge in [0.25, 0.3) is 5.69 Å². The van der Waals surface area contributed by atoms with Gasteiger partial charge in [0.15, 0.2) is 0 Å². The predicted octanol–water partition coefficient (Wildman–Crippen LogP) is 3.29. The van der Waals surface area contributed by atoms with Crippen LogP contribution >= 0.6 is 0 Å². The van der Waals surface area contributed by atoms with Gasteiger partial charge >= 0.3 is 5.97 Å². The standard InChI is InChI=1S/C21H23N3O5/c1-14-3-2-10-23(12-14)18-9-8-17(11-19(18)24(27)28)21(26)29-13-15-4-6-16(7-5-15)20(22)25/h4-9,11,14H,2-3,10,12-13H2,1H3,(H2,22,25)/t14-/m1/s1. The Morgan fingerprint density at radius 1 is 1.21 bits per heavy atom. The first kappa shape index (κ1) is 20.3. The number of nitrogens with two attached hydrogens (primary N) is 1. The number of esters is 1. The molecule has 29 heavy (non-hydrogen) atoms. The number of ether oxygens (including phenoxy) is 1. The zero-order chi connectivity index (χ0) is 21.0. The molecule has 0 saturated carbocycles. The highest BCUT2D eigenvalue weighted by atomic mass is 16.6. The van der Waals surface area contributed by atoms with Crippen LogP contribution in [0.5, 0.6) is 0 Å². The summed E-state index contributed by atoms with van der Waals surface area (Å²) in [6.45, 7) is 3.62. The van der Waals surface area contributed by atoms with E-state index < -0.39 is 16.8 Å². The zero-order valence-corrected chi connectivity index (χ0v) is 16.2. The fourth-order valence-corrected chi connectivity index (χ4v) is 3.47. The molecule has 0 aliphatic carbocycles. The van der Waals surface area contributed by atoms with Crippen molar-refractivity contribution < 1.29 is 19.2 Å². The van der Waals surface area contributed by atoms with Gasteiger partial charge < -0.3 is 15.4 Å². The number of primary amides is 1. The van der Waals surface area contributed by atoms with Crippen molar-refractivity contribution in [3.63, 3.8) is 0 Å². The molecule has 8 heteroatoms. The lowest BCUT2D eigenvalue weighted by Crippen LogP contribution is -2.34. The molecule has 3 rings (SSSR count). The van der Waals surface area contributed by atoms with Gasteiger partial charge in [0.2, 0.25) is 5.91 Å². The maximum absolute atomic E-state index is 12.4. The number of amides is 1. The van der Waals surface area contributed by atoms with E-state index in [1.807, 2.05) is 4.90 Å². The molecule has 2 aromatic carbocycles. The third kappa shape index (κ3) is 4.90. The van der Waals surface area contributed by atoms with Crippen LogP contribution in [0.4, 0.5) is 11.4 Å². The predicted molar refractivity (Wildman–Crippen MR) is 108 cm³/mol. The normalized spacial score (nSPS) is 16.3. The quantitative estimate of drug-likeness (QED) is 0.454. The molecular weight excluding hydrogens is 374 g/mol. The molecule has 0 spiro atoms. The Morgan fingerprint density at radius 3 is 2.52 bits per heavy atom. The van der Waals surface area contributed by atoms with Crippen LogP contribution in [0.1, 0.15) is 46.0 Å². The minimum atomic E-state index is -0.648. The third-order valence-corrected chi connectivity index (χ3v) is 5.01. The SMILES string of the molecule is C[C@@H]1CCCN(c2ccc(C(=O)OCc3ccc(C(N)=O)cc3)cc2[N+](=O)[O-])C1. The van der Waals surface area contributed by atoms with Crippen molar-refractivity contribution in [3.8, 4) is 0 Å². The van der Waals surface area contributed by atoms with E-state index >= 15 is 0 Å². The van der Waals surface area contributed by atoms with Crippen LogP contribution in [0.25, 0.3) is 0 Å². The fourth-order valence-electron chi connectivity index (χ4n) is 3.47. The van der Waals surface area contributed by atoms with Crippen LogP contribution in [0.2, 0.25) is 0 Å². The van der Waals surface area contributed by atoms with Crippen LogP contribution in [-0.4, -0.2) is 29.9 Å². The Balaban J connectivity index is 1.72. The first-order valence-corrected chi connectivity index (χ1v) is 9.44. The van der Waals surface area contributed by atoms with Gasteiger partial charge in [0.1, 0.15) is 12.3 Å². The summed E-state index contributed by atoms with van der Waals surface area (Å²) in [5, 5.41) is 11.6. The number of anilines is 1. The molecule has 1 atom stereocenters. The van der Waals surface area contributed by atoms with E-state index in [0.29, 0.717) is 22.7 Å². The Hall–Kier alpha value is -3.42. The molecule has 0 bridgehead atoms. The highest BCUT2D eigenvalue weighted by molar-refractivity contribution is 5.93. The van der Waals surface area contributed by atoms with E-state index in [9.17, 15) is 19.7 Å². The number of hydrogen-bond acceptors (Lipinski definition) is 6. The van der Waals surface area contributed by atoms with Crippen molar-refractivity contribution in [3.05, 3.63) is 69.3 Å². The molecule has 0 unspecified atom stereocenters. The number of nitro groups is 1. The second kappa shape index (κ2) is 8.72. The van der Waals surface area contributed by atoms with Crippen molar-refractivity contribution in [2.24, 2.45) is 11.7 Å². The second-order valence-corrected chi connectivity index (χ2v) is 7.29. The summed E-state index contributed by atoms with van der Waals surface area (Å²) in [5.41, 5.74) is 6.78. The molecule has 1 amide bonds. The van der Waals surface area contributed by atoms with E-state index in [-0.39, 0.29) is 17.9 Å². The molecule has 1 heterocycles. The average molecular weight is 397 g/mol. The highest BCUT2D eigenvalue weighted by Gasteiger charge is 2.25. The molecule has 1 saturated heterocycles. The molecule has 1 aliphatic heterocycles. The van der Waals surface area contributed by atoms with Crippen LogP contribution < -0.4 is 10.6 Å². The summed E-state index contributed by atoms with van der Waals surface area (Å²) in [7, 11) is 0. The van der Waals surface area contributed by atoms with E-state index in [1.165, 1.54) is 6.07 Å². The molecule has 1 aliphatic rings. The zero-order valence-electron chi connectivity index (χ0n) is 16.2. The van der Waals surface area contributed by atoms with Gasteiger partial charge in [-0.05, 0) is 48.6 Å². The Bertz CT molecular complexity index is 926. The van der Waals surface area contributed by atoms with Crippen LogP contribution in [0, 0.1) is 16.0 Å². The Morgan fingerprint density at radius 2 is 1.90 bits per heavy atom. The average Bonchev–Trinajstić information content (AvgIpc) is 2.71. The number of benzene rings is 2. The number of rotatable bonds is 6. The van der Waals surface area contributed by atoms with Gasteiger partial charge in [-0.3, -0.25) is 14.9 Å². The molecule has 2 N–H and O–H groups in total. The summed E-state index contributed by atoms with van der Waals surface area (Å²) in [4.78, 5) is 36.6. The van der Waals surface area contributed by atoms with Crippen molar-refractivity contribution in [1.82, 2.24) is 0 Å². The summed E-state index contributed by atoms with van der Waals surface area (Å²) < 4.78 is 5.26. The summed E-state index contributed by atoms with van der Waals surface area (Å²) in [6.07, 6.45) is 2.09. The van der Waals surface area contributed by atoms with Crippen molar-refractivity contribution >= 4 is 23.3 Å². The van der Waals surface area contributed by atoms with Crippen LogP contribution in [0.15, 0.2) is 42.5 Å². The van der Waals surface area contributed by atoms with Crippen molar-refractivity contribution in [1.29, 1.82) is 0 Å². The Kier molecular flexibility index (Phi) is 6.11. The minimum Gasteiger partial charge on any atom is -0.457 e. The van der Waals surface area contributed by atoms with Gasteiger partial charge in [-0.25, -0.2) is 4.79 Å². The smallest absolute Gasteiger partial charge is 0.338 e.